The first-order chi connectivity index (χ1) is 18.0. The van der Waals surface area contributed by atoms with Gasteiger partial charge in [0.1, 0.15) is 17.1 Å². The molecule has 3 atom stereocenters. The highest BCUT2D eigenvalue weighted by Gasteiger charge is 2.35. The van der Waals surface area contributed by atoms with E-state index in [9.17, 15) is 5.11 Å². The maximum Gasteiger partial charge on any atom is 0.127 e. The number of phenolic OH excluding ortho intramolecular Hbond substituents is 1. The maximum absolute atomic E-state index is 11.1. The molecule has 0 saturated carbocycles. The largest absolute Gasteiger partial charge is 0.507 e. The maximum atomic E-state index is 11.1. The number of aromatic hydroxyl groups is 1. The summed E-state index contributed by atoms with van der Waals surface area (Å²) in [5.41, 5.74) is 4.38. The minimum Gasteiger partial charge on any atom is -0.507 e. The number of hydrogen-bond acceptors (Lipinski definition) is 3. The van der Waals surface area contributed by atoms with Crippen molar-refractivity contribution in [3.8, 4) is 11.5 Å². The van der Waals surface area contributed by atoms with Crippen LogP contribution in [-0.2, 0) is 13.0 Å². The average molecular weight is 530 g/mol. The molecule has 1 aliphatic rings. The molecule has 0 spiro atoms. The molecule has 0 saturated heterocycles. The third kappa shape index (κ3) is 10.1. The quantitative estimate of drug-likeness (QED) is 0.205. The van der Waals surface area contributed by atoms with Crippen molar-refractivity contribution in [3.05, 3.63) is 22.3 Å². The smallest absolute Gasteiger partial charge is 0.127 e. The summed E-state index contributed by atoms with van der Waals surface area (Å²) in [5.74, 6) is 4.08. The fourth-order valence-corrected chi connectivity index (χ4v) is 6.27. The second-order valence-corrected chi connectivity index (χ2v) is 13.5. The summed E-state index contributed by atoms with van der Waals surface area (Å²) >= 11 is 0. The van der Waals surface area contributed by atoms with E-state index < -0.39 is 0 Å². The normalized spacial score (nSPS) is 19.0. The fraction of sp³-hybridized carbons (Fsp3) is 0.829. The molecule has 0 fully saturated rings. The first kappa shape index (κ1) is 33.0. The van der Waals surface area contributed by atoms with Gasteiger partial charge in [0.25, 0.3) is 0 Å². The van der Waals surface area contributed by atoms with E-state index in [1.807, 2.05) is 0 Å². The Morgan fingerprint density at radius 1 is 0.868 bits per heavy atom. The van der Waals surface area contributed by atoms with Gasteiger partial charge in [-0.1, -0.05) is 92.9 Å². The predicted octanol–water partition coefficient (Wildman–Crippen LogP) is 10.2. The van der Waals surface area contributed by atoms with E-state index in [0.29, 0.717) is 5.75 Å². The zero-order chi connectivity index (χ0) is 28.3. The highest BCUT2D eigenvalue weighted by Crippen LogP contribution is 2.45. The Hall–Kier alpha value is -1.22. The third-order valence-electron chi connectivity index (χ3n) is 9.37. The molecule has 1 aromatic carbocycles. The summed E-state index contributed by atoms with van der Waals surface area (Å²) < 4.78 is 6.84. The lowest BCUT2D eigenvalue weighted by Crippen LogP contribution is -2.37. The van der Waals surface area contributed by atoms with E-state index in [-0.39, 0.29) is 5.60 Å². The number of unbranched alkanes of at least 4 members (excludes halogenated alkanes) is 1. The third-order valence-corrected chi connectivity index (χ3v) is 9.37. The standard InChI is InChI=1S/C35H63NO2/c1-10-12-24-36(11-2)25-32-31-21-23-35(9,38-34(31)30(8)29(7)33(32)37)22-15-20-28(6)19-14-18-27(5)17-13-16-26(3)4/h26-28,37H,10-25H2,1-9H3. The van der Waals surface area contributed by atoms with Crippen molar-refractivity contribution in [2.45, 2.75) is 158 Å². The molecule has 38 heavy (non-hydrogen) atoms. The molecule has 1 aromatic rings. The van der Waals surface area contributed by atoms with Crippen LogP contribution in [-0.4, -0.2) is 28.7 Å². The first-order valence-corrected chi connectivity index (χ1v) is 16.3. The van der Waals surface area contributed by atoms with Crippen LogP contribution in [0.15, 0.2) is 0 Å². The van der Waals surface area contributed by atoms with Crippen LogP contribution in [0.3, 0.4) is 0 Å². The van der Waals surface area contributed by atoms with Crippen LogP contribution in [0.1, 0.15) is 148 Å². The van der Waals surface area contributed by atoms with Crippen LogP contribution < -0.4 is 4.74 Å². The summed E-state index contributed by atoms with van der Waals surface area (Å²) in [6.45, 7) is 23.5. The number of fused-ring (bicyclic) bond motifs is 1. The summed E-state index contributed by atoms with van der Waals surface area (Å²) in [6.07, 6.45) is 16.4. The van der Waals surface area contributed by atoms with Gasteiger partial charge in [-0.25, -0.2) is 0 Å². The second-order valence-electron chi connectivity index (χ2n) is 13.5. The molecule has 220 valence electrons. The van der Waals surface area contributed by atoms with Gasteiger partial charge in [0, 0.05) is 17.7 Å². The molecule has 0 aromatic heterocycles. The van der Waals surface area contributed by atoms with E-state index in [0.717, 1.165) is 79.1 Å². The van der Waals surface area contributed by atoms with Crippen molar-refractivity contribution in [1.29, 1.82) is 0 Å². The van der Waals surface area contributed by atoms with E-state index in [4.69, 9.17) is 4.74 Å². The van der Waals surface area contributed by atoms with Crippen molar-refractivity contribution in [2.24, 2.45) is 17.8 Å². The Labute approximate surface area is 237 Å². The number of phenols is 1. The summed E-state index contributed by atoms with van der Waals surface area (Å²) in [7, 11) is 0. The van der Waals surface area contributed by atoms with Crippen LogP contribution >= 0.6 is 0 Å². The van der Waals surface area contributed by atoms with Crippen LogP contribution in [0, 0.1) is 31.6 Å². The van der Waals surface area contributed by atoms with Crippen molar-refractivity contribution < 1.29 is 9.84 Å². The molecule has 2 rings (SSSR count). The minimum atomic E-state index is -0.101. The molecule has 1 N–H and O–H groups in total. The van der Waals surface area contributed by atoms with Crippen molar-refractivity contribution >= 4 is 0 Å². The lowest BCUT2D eigenvalue weighted by molar-refractivity contribution is 0.0508. The summed E-state index contributed by atoms with van der Waals surface area (Å²) in [5, 5.41) is 11.1. The fourth-order valence-electron chi connectivity index (χ4n) is 6.27. The van der Waals surface area contributed by atoms with E-state index in [1.165, 1.54) is 69.8 Å². The minimum absolute atomic E-state index is 0.101. The van der Waals surface area contributed by atoms with Gasteiger partial charge in [-0.3, -0.25) is 4.90 Å². The van der Waals surface area contributed by atoms with Crippen LogP contribution in [0.25, 0.3) is 0 Å². The zero-order valence-corrected chi connectivity index (χ0v) is 26.8. The number of ether oxygens (including phenoxy) is 1. The van der Waals surface area contributed by atoms with Crippen LogP contribution in [0.4, 0.5) is 0 Å². The van der Waals surface area contributed by atoms with Crippen molar-refractivity contribution in [3.63, 3.8) is 0 Å². The van der Waals surface area contributed by atoms with Gasteiger partial charge in [0.2, 0.25) is 0 Å². The van der Waals surface area contributed by atoms with Crippen molar-refractivity contribution in [2.75, 3.05) is 13.1 Å². The molecule has 3 nitrogen and oxygen atoms in total. The molecule has 1 heterocycles. The molecule has 0 amide bonds. The lowest BCUT2D eigenvalue weighted by atomic mass is 9.83. The van der Waals surface area contributed by atoms with Gasteiger partial charge in [-0.2, -0.15) is 0 Å². The zero-order valence-electron chi connectivity index (χ0n) is 26.8. The Kier molecular flexibility index (Phi) is 14.0. The Morgan fingerprint density at radius 2 is 1.47 bits per heavy atom. The van der Waals surface area contributed by atoms with Gasteiger partial charge < -0.3 is 9.84 Å². The number of benzene rings is 1. The number of nitrogens with zero attached hydrogens (tertiary/aromatic N) is 1. The highest BCUT2D eigenvalue weighted by atomic mass is 16.5. The Balaban J connectivity index is 1.91. The van der Waals surface area contributed by atoms with Gasteiger partial charge in [-0.15, -0.1) is 0 Å². The highest BCUT2D eigenvalue weighted by molar-refractivity contribution is 5.59. The monoisotopic (exact) mass is 529 g/mol. The first-order valence-electron chi connectivity index (χ1n) is 16.3. The molecule has 3 heteroatoms. The molecular weight excluding hydrogens is 466 g/mol. The van der Waals surface area contributed by atoms with Gasteiger partial charge >= 0.3 is 0 Å². The second kappa shape index (κ2) is 16.1. The molecule has 3 unspecified atom stereocenters. The van der Waals surface area contributed by atoms with E-state index in [2.05, 4.69) is 67.2 Å². The molecule has 0 bridgehead atoms. The van der Waals surface area contributed by atoms with E-state index in [1.54, 1.807) is 0 Å². The summed E-state index contributed by atoms with van der Waals surface area (Å²) in [4.78, 5) is 2.47. The molecular formula is C35H63NO2. The molecule has 0 aliphatic carbocycles. The van der Waals surface area contributed by atoms with Gasteiger partial charge in [-0.05, 0) is 94.8 Å². The Bertz CT molecular complexity index is 832. The average Bonchev–Trinajstić information content (AvgIpc) is 2.87. The topological polar surface area (TPSA) is 32.7 Å². The SMILES string of the molecule is CCCCN(CC)Cc1c(O)c(C)c(C)c2c1CCC(C)(CCCC(C)CCCC(C)CCCC(C)C)O2. The number of rotatable bonds is 18. The van der Waals surface area contributed by atoms with E-state index >= 15 is 0 Å². The Morgan fingerprint density at radius 3 is 2.05 bits per heavy atom. The number of hydrogen-bond donors (Lipinski definition) is 1. The van der Waals surface area contributed by atoms with Crippen LogP contribution in [0.2, 0.25) is 0 Å². The van der Waals surface area contributed by atoms with Gasteiger partial charge in [0.15, 0.2) is 0 Å². The summed E-state index contributed by atoms with van der Waals surface area (Å²) in [6, 6.07) is 0. The van der Waals surface area contributed by atoms with Gasteiger partial charge in [0.05, 0.1) is 0 Å². The van der Waals surface area contributed by atoms with Crippen LogP contribution in [0.5, 0.6) is 11.5 Å². The lowest BCUT2D eigenvalue weighted by Gasteiger charge is -2.39. The van der Waals surface area contributed by atoms with Crippen molar-refractivity contribution in [1.82, 2.24) is 4.90 Å². The molecule has 0 radical (unpaired) electrons. The molecule has 1 aliphatic heterocycles. The predicted molar refractivity (Wildman–Crippen MR) is 166 cm³/mol.